The van der Waals surface area contributed by atoms with Gasteiger partial charge in [0.2, 0.25) is 0 Å². The van der Waals surface area contributed by atoms with Crippen molar-refractivity contribution in [3.05, 3.63) is 48.5 Å². The van der Waals surface area contributed by atoms with Crippen LogP contribution in [0.15, 0.2) is 48.1 Å². The largest absolute Gasteiger partial charge is 0.490 e. The van der Waals surface area contributed by atoms with Gasteiger partial charge in [-0.05, 0) is 38.8 Å². The van der Waals surface area contributed by atoms with E-state index in [1.54, 1.807) is 12.5 Å². The molecule has 1 fully saturated rings. The summed E-state index contributed by atoms with van der Waals surface area (Å²) in [5.74, 6) is 1.72. The molecule has 0 saturated carbocycles. The third kappa shape index (κ3) is 4.16. The Morgan fingerprint density at radius 2 is 1.88 bits per heavy atom. The van der Waals surface area contributed by atoms with Crippen molar-refractivity contribution in [1.29, 1.82) is 0 Å². The van der Waals surface area contributed by atoms with Crippen molar-refractivity contribution in [2.24, 2.45) is 5.10 Å². The third-order valence-corrected chi connectivity index (χ3v) is 4.06. The quantitative estimate of drug-likeness (QED) is 0.635. The number of hydrogen-bond acceptors (Lipinski definition) is 4. The van der Waals surface area contributed by atoms with Crippen LogP contribution in [0, 0.1) is 0 Å². The van der Waals surface area contributed by atoms with Crippen molar-refractivity contribution in [3.63, 3.8) is 0 Å². The zero-order valence-electron chi connectivity index (χ0n) is 14.6. The van der Waals surface area contributed by atoms with Gasteiger partial charge in [0, 0.05) is 25.5 Å². The molecule has 2 heterocycles. The maximum atomic E-state index is 6.01. The van der Waals surface area contributed by atoms with Gasteiger partial charge in [0.25, 0.3) is 0 Å². The van der Waals surface area contributed by atoms with Crippen LogP contribution in [0.25, 0.3) is 0 Å². The smallest absolute Gasteiger partial charge is 0.169 e. The van der Waals surface area contributed by atoms with Crippen LogP contribution in [-0.2, 0) is 0 Å². The summed E-state index contributed by atoms with van der Waals surface area (Å²) in [5, 5.41) is 7.16. The summed E-state index contributed by atoms with van der Waals surface area (Å²) in [6.45, 7) is 6.09. The molecule has 1 aliphatic heterocycles. The van der Waals surface area contributed by atoms with Crippen LogP contribution in [-0.4, -0.2) is 39.6 Å². The Morgan fingerprint density at radius 1 is 1.12 bits per heavy atom. The SMILES string of the molecule is CC(C)Oc1ccccc1C(=NN1CCCCCC1)n1ccnc1. The van der Waals surface area contributed by atoms with Gasteiger partial charge in [-0.1, -0.05) is 25.0 Å². The summed E-state index contributed by atoms with van der Waals surface area (Å²) in [4.78, 5) is 4.19. The first-order valence-corrected chi connectivity index (χ1v) is 8.82. The predicted octanol–water partition coefficient (Wildman–Crippen LogP) is 3.76. The first-order valence-electron chi connectivity index (χ1n) is 8.82. The minimum Gasteiger partial charge on any atom is -0.490 e. The summed E-state index contributed by atoms with van der Waals surface area (Å²) in [7, 11) is 0. The molecule has 128 valence electrons. The lowest BCUT2D eigenvalue weighted by molar-refractivity contribution is 0.241. The lowest BCUT2D eigenvalue weighted by atomic mass is 10.1. The zero-order chi connectivity index (χ0) is 16.8. The average Bonchev–Trinajstić information content (AvgIpc) is 2.97. The van der Waals surface area contributed by atoms with Gasteiger partial charge in [-0.25, -0.2) is 4.98 Å². The molecule has 1 aromatic heterocycles. The third-order valence-electron chi connectivity index (χ3n) is 4.06. The first kappa shape index (κ1) is 16.6. The minimum atomic E-state index is 0.119. The topological polar surface area (TPSA) is 42.6 Å². The van der Waals surface area contributed by atoms with Crippen molar-refractivity contribution in [3.8, 4) is 5.75 Å². The van der Waals surface area contributed by atoms with E-state index in [1.807, 2.05) is 42.8 Å². The van der Waals surface area contributed by atoms with Crippen molar-refractivity contribution in [2.75, 3.05) is 13.1 Å². The first-order chi connectivity index (χ1) is 11.7. The van der Waals surface area contributed by atoms with E-state index in [-0.39, 0.29) is 6.10 Å². The van der Waals surface area contributed by atoms with E-state index in [0.29, 0.717) is 0 Å². The van der Waals surface area contributed by atoms with Gasteiger partial charge in [-0.15, -0.1) is 0 Å². The van der Waals surface area contributed by atoms with E-state index < -0.39 is 0 Å². The normalized spacial score (nSPS) is 16.3. The van der Waals surface area contributed by atoms with Gasteiger partial charge >= 0.3 is 0 Å². The second-order valence-corrected chi connectivity index (χ2v) is 6.42. The molecule has 0 spiro atoms. The predicted molar refractivity (Wildman–Crippen MR) is 96.4 cm³/mol. The van der Waals surface area contributed by atoms with Gasteiger partial charge in [-0.2, -0.15) is 5.10 Å². The number of aromatic nitrogens is 2. The molecule has 0 amide bonds. The highest BCUT2D eigenvalue weighted by Gasteiger charge is 2.16. The number of benzene rings is 1. The minimum absolute atomic E-state index is 0.119. The Labute approximate surface area is 144 Å². The highest BCUT2D eigenvalue weighted by atomic mass is 16.5. The van der Waals surface area contributed by atoms with Crippen molar-refractivity contribution < 1.29 is 4.74 Å². The van der Waals surface area contributed by atoms with E-state index in [0.717, 1.165) is 30.2 Å². The zero-order valence-corrected chi connectivity index (χ0v) is 14.6. The van der Waals surface area contributed by atoms with E-state index in [2.05, 4.69) is 16.1 Å². The summed E-state index contributed by atoms with van der Waals surface area (Å²) >= 11 is 0. The van der Waals surface area contributed by atoms with Gasteiger partial charge in [-0.3, -0.25) is 9.58 Å². The van der Waals surface area contributed by atoms with Crippen LogP contribution in [0.5, 0.6) is 5.75 Å². The van der Waals surface area contributed by atoms with Crippen molar-refractivity contribution >= 4 is 5.84 Å². The summed E-state index contributed by atoms with van der Waals surface area (Å²) in [5.41, 5.74) is 0.994. The number of imidazole rings is 1. The summed E-state index contributed by atoms with van der Waals surface area (Å²) < 4.78 is 7.97. The van der Waals surface area contributed by atoms with Gasteiger partial charge in [0.05, 0.1) is 11.7 Å². The molecule has 0 atom stereocenters. The fourth-order valence-corrected chi connectivity index (χ4v) is 2.93. The molecule has 1 aliphatic rings. The second-order valence-electron chi connectivity index (χ2n) is 6.42. The van der Waals surface area contributed by atoms with Crippen LogP contribution in [0.2, 0.25) is 0 Å². The molecule has 0 unspecified atom stereocenters. The number of hydrazone groups is 1. The molecule has 3 rings (SSSR count). The summed E-state index contributed by atoms with van der Waals surface area (Å²) in [6.07, 6.45) is 10.6. The molecule has 5 nitrogen and oxygen atoms in total. The molecular weight excluding hydrogens is 300 g/mol. The molecule has 0 radical (unpaired) electrons. The molecule has 24 heavy (non-hydrogen) atoms. The molecule has 0 N–H and O–H groups in total. The number of ether oxygens (including phenoxy) is 1. The van der Waals surface area contributed by atoms with Crippen molar-refractivity contribution in [1.82, 2.24) is 14.6 Å². The van der Waals surface area contributed by atoms with Crippen LogP contribution < -0.4 is 4.74 Å². The van der Waals surface area contributed by atoms with Gasteiger partial charge < -0.3 is 4.74 Å². The maximum absolute atomic E-state index is 6.01. The van der Waals surface area contributed by atoms with E-state index in [4.69, 9.17) is 9.84 Å². The highest BCUT2D eigenvalue weighted by Crippen LogP contribution is 2.22. The number of para-hydroxylation sites is 1. The molecule has 1 aromatic carbocycles. The van der Waals surface area contributed by atoms with Crippen LogP contribution >= 0.6 is 0 Å². The van der Waals surface area contributed by atoms with Crippen molar-refractivity contribution in [2.45, 2.75) is 45.6 Å². The monoisotopic (exact) mass is 326 g/mol. The van der Waals surface area contributed by atoms with Gasteiger partial charge in [0.1, 0.15) is 12.1 Å². The average molecular weight is 326 g/mol. The van der Waals surface area contributed by atoms with E-state index in [1.165, 1.54) is 25.7 Å². The number of nitrogens with zero attached hydrogens (tertiary/aromatic N) is 4. The van der Waals surface area contributed by atoms with Crippen LogP contribution in [0.4, 0.5) is 0 Å². The molecule has 1 saturated heterocycles. The fraction of sp³-hybridized carbons (Fsp3) is 0.474. The molecule has 0 aliphatic carbocycles. The van der Waals surface area contributed by atoms with E-state index in [9.17, 15) is 0 Å². The standard InChI is InChI=1S/C19H26N4O/c1-16(2)24-18-10-6-5-9-17(18)19(22-14-11-20-15-22)21-23-12-7-3-4-8-13-23/h5-6,9-11,14-16H,3-4,7-8,12-13H2,1-2H3. The number of rotatable bonds is 4. The lowest BCUT2D eigenvalue weighted by Gasteiger charge is -2.21. The maximum Gasteiger partial charge on any atom is 0.169 e. The Morgan fingerprint density at radius 3 is 2.54 bits per heavy atom. The second kappa shape index (κ2) is 7.99. The van der Waals surface area contributed by atoms with Crippen LogP contribution in [0.1, 0.15) is 45.1 Å². The number of hydrogen-bond donors (Lipinski definition) is 0. The highest BCUT2D eigenvalue weighted by molar-refractivity contribution is 6.02. The van der Waals surface area contributed by atoms with Crippen LogP contribution in [0.3, 0.4) is 0 Å². The molecular formula is C19H26N4O. The molecule has 0 bridgehead atoms. The van der Waals surface area contributed by atoms with Gasteiger partial charge in [0.15, 0.2) is 5.84 Å². The molecule has 2 aromatic rings. The van der Waals surface area contributed by atoms with E-state index >= 15 is 0 Å². The summed E-state index contributed by atoms with van der Waals surface area (Å²) in [6, 6.07) is 8.09. The Kier molecular flexibility index (Phi) is 5.51. The lowest BCUT2D eigenvalue weighted by Crippen LogP contribution is -2.24. The Bertz CT molecular complexity index is 656. The molecule has 5 heteroatoms. The Balaban J connectivity index is 1.99. The Hall–Kier alpha value is -2.30. The fourth-order valence-electron chi connectivity index (χ4n) is 2.93.